The van der Waals surface area contributed by atoms with Crippen molar-refractivity contribution in [3.8, 4) is 22.8 Å². The first kappa shape index (κ1) is 19.4. The molecule has 0 spiro atoms. The van der Waals surface area contributed by atoms with Crippen LogP contribution in [0, 0.1) is 13.8 Å². The summed E-state index contributed by atoms with van der Waals surface area (Å²) in [4.78, 5) is 4.72. The van der Waals surface area contributed by atoms with E-state index in [0.29, 0.717) is 0 Å². The van der Waals surface area contributed by atoms with Crippen LogP contribution in [-0.2, 0) is 13.0 Å². The molecule has 1 unspecified atom stereocenters. The Morgan fingerprint density at radius 2 is 1.79 bits per heavy atom. The van der Waals surface area contributed by atoms with Crippen LogP contribution >= 0.6 is 0 Å². The predicted octanol–water partition coefficient (Wildman–Crippen LogP) is 5.30. The largest absolute Gasteiger partial charge is 0.493 e. The summed E-state index contributed by atoms with van der Waals surface area (Å²) < 4.78 is 13.3. The molecule has 3 aromatic rings. The van der Waals surface area contributed by atoms with Crippen LogP contribution in [0.2, 0.25) is 0 Å². The molecule has 0 radical (unpaired) electrons. The molecule has 0 saturated carbocycles. The minimum absolute atomic E-state index is 0.175. The highest BCUT2D eigenvalue weighted by molar-refractivity contribution is 5.70. The zero-order valence-corrected chi connectivity index (χ0v) is 17.9. The number of hydrogen-bond acceptors (Lipinski definition) is 4. The molecule has 0 bridgehead atoms. The van der Waals surface area contributed by atoms with Crippen molar-refractivity contribution < 1.29 is 9.47 Å². The van der Waals surface area contributed by atoms with Crippen molar-refractivity contribution >= 4 is 5.95 Å². The third kappa shape index (κ3) is 3.57. The van der Waals surface area contributed by atoms with E-state index in [1.807, 2.05) is 6.20 Å². The lowest BCUT2D eigenvalue weighted by Crippen LogP contribution is -2.12. The Kier molecular flexibility index (Phi) is 5.22. The maximum absolute atomic E-state index is 5.54. The number of methoxy groups -OCH3 is 2. The van der Waals surface area contributed by atoms with Gasteiger partial charge >= 0.3 is 0 Å². The lowest BCUT2D eigenvalue weighted by molar-refractivity contribution is 0.354. The van der Waals surface area contributed by atoms with Crippen molar-refractivity contribution in [1.29, 1.82) is 0 Å². The first-order chi connectivity index (χ1) is 14.0. The van der Waals surface area contributed by atoms with Gasteiger partial charge in [-0.15, -0.1) is 0 Å². The number of imidazole rings is 1. The average molecular weight is 392 g/mol. The van der Waals surface area contributed by atoms with Crippen LogP contribution in [0.4, 0.5) is 5.95 Å². The standard InChI is InChI=1S/C24H29N3O2/c1-15-8-9-18(11-16(15)2)17(3)26-24-25-14-21-20-13-23(29-5)22(28-4)12-19(20)7-6-10-27(21)24/h8-9,11-14,17H,6-7,10H2,1-5H3,(H,25,26). The van der Waals surface area contributed by atoms with Gasteiger partial charge in [0.15, 0.2) is 11.5 Å². The number of nitrogens with one attached hydrogen (secondary N) is 1. The fraction of sp³-hybridized carbons (Fsp3) is 0.375. The lowest BCUT2D eigenvalue weighted by atomic mass is 10.0. The molecule has 0 amide bonds. The van der Waals surface area contributed by atoms with Crippen molar-refractivity contribution in [2.45, 2.75) is 46.2 Å². The van der Waals surface area contributed by atoms with Crippen molar-refractivity contribution in [3.63, 3.8) is 0 Å². The van der Waals surface area contributed by atoms with Crippen molar-refractivity contribution in [1.82, 2.24) is 9.55 Å². The van der Waals surface area contributed by atoms with E-state index in [4.69, 9.17) is 14.5 Å². The van der Waals surface area contributed by atoms with Crippen molar-refractivity contribution in [3.05, 3.63) is 58.8 Å². The van der Waals surface area contributed by atoms with Gasteiger partial charge in [0.25, 0.3) is 0 Å². The van der Waals surface area contributed by atoms with Gasteiger partial charge in [0, 0.05) is 12.1 Å². The summed E-state index contributed by atoms with van der Waals surface area (Å²) in [5, 5.41) is 3.62. The van der Waals surface area contributed by atoms with E-state index in [0.717, 1.165) is 42.5 Å². The molecular weight excluding hydrogens is 362 g/mol. The quantitative estimate of drug-likeness (QED) is 0.641. The first-order valence-corrected chi connectivity index (χ1v) is 10.2. The molecule has 29 heavy (non-hydrogen) atoms. The topological polar surface area (TPSA) is 48.3 Å². The van der Waals surface area contributed by atoms with Crippen LogP contribution in [0.1, 0.15) is 41.6 Å². The maximum Gasteiger partial charge on any atom is 0.203 e. The molecular formula is C24H29N3O2. The Morgan fingerprint density at radius 1 is 1.03 bits per heavy atom. The number of fused-ring (bicyclic) bond motifs is 3. The molecule has 0 fully saturated rings. The normalized spacial score (nSPS) is 13.8. The van der Waals surface area contributed by atoms with Gasteiger partial charge in [-0.25, -0.2) is 4.98 Å². The number of aryl methyl sites for hydroxylation is 3. The van der Waals surface area contributed by atoms with Gasteiger partial charge in [0.2, 0.25) is 5.95 Å². The van der Waals surface area contributed by atoms with Gasteiger partial charge in [-0.05, 0) is 68.0 Å². The van der Waals surface area contributed by atoms with E-state index in [1.165, 1.54) is 27.8 Å². The number of rotatable bonds is 5. The molecule has 5 heteroatoms. The van der Waals surface area contributed by atoms with E-state index >= 15 is 0 Å². The highest BCUT2D eigenvalue weighted by Gasteiger charge is 2.21. The van der Waals surface area contributed by atoms with Gasteiger partial charge < -0.3 is 19.4 Å². The summed E-state index contributed by atoms with van der Waals surface area (Å²) in [6.07, 6.45) is 4.02. The zero-order valence-electron chi connectivity index (χ0n) is 17.9. The van der Waals surface area contributed by atoms with Crippen LogP contribution in [0.3, 0.4) is 0 Å². The van der Waals surface area contributed by atoms with Crippen LogP contribution < -0.4 is 14.8 Å². The van der Waals surface area contributed by atoms with Crippen LogP contribution in [0.15, 0.2) is 36.5 Å². The third-order valence-electron chi connectivity index (χ3n) is 5.95. The number of hydrogen-bond donors (Lipinski definition) is 1. The molecule has 1 atom stereocenters. The van der Waals surface area contributed by atoms with Gasteiger partial charge in [-0.3, -0.25) is 0 Å². The molecule has 1 aliphatic heterocycles. The van der Waals surface area contributed by atoms with Gasteiger partial charge in [0.1, 0.15) is 0 Å². The van der Waals surface area contributed by atoms with E-state index in [-0.39, 0.29) is 6.04 Å². The van der Waals surface area contributed by atoms with Gasteiger partial charge in [0.05, 0.1) is 32.2 Å². The fourth-order valence-corrected chi connectivity index (χ4v) is 4.04. The second-order valence-corrected chi connectivity index (χ2v) is 7.80. The molecule has 0 saturated heterocycles. The highest BCUT2D eigenvalue weighted by atomic mass is 16.5. The summed E-state index contributed by atoms with van der Waals surface area (Å²) in [6, 6.07) is 11.0. The molecule has 2 aromatic carbocycles. The van der Waals surface area contributed by atoms with Crippen LogP contribution in [-0.4, -0.2) is 23.8 Å². The Hall–Kier alpha value is -2.95. The number of aromatic nitrogens is 2. The molecule has 1 N–H and O–H groups in total. The molecule has 152 valence electrons. The average Bonchev–Trinajstić information content (AvgIpc) is 3.02. The maximum atomic E-state index is 5.54. The Labute approximate surface area is 172 Å². The number of benzene rings is 2. The van der Waals surface area contributed by atoms with E-state index < -0.39 is 0 Å². The SMILES string of the molecule is COc1cc2c(cc1OC)-c1cnc(NC(C)c3ccc(C)c(C)c3)n1CCC2. The monoisotopic (exact) mass is 391 g/mol. The Morgan fingerprint density at radius 3 is 2.52 bits per heavy atom. The highest BCUT2D eigenvalue weighted by Crippen LogP contribution is 2.39. The number of nitrogens with zero attached hydrogens (tertiary/aromatic N) is 2. The second-order valence-electron chi connectivity index (χ2n) is 7.80. The molecule has 0 aliphatic carbocycles. The van der Waals surface area contributed by atoms with E-state index in [1.54, 1.807) is 14.2 Å². The fourth-order valence-electron chi connectivity index (χ4n) is 4.04. The number of ether oxygens (including phenoxy) is 2. The molecule has 4 rings (SSSR count). The smallest absolute Gasteiger partial charge is 0.203 e. The summed E-state index contributed by atoms with van der Waals surface area (Å²) in [7, 11) is 3.36. The van der Waals surface area contributed by atoms with Gasteiger partial charge in [-0.2, -0.15) is 0 Å². The first-order valence-electron chi connectivity index (χ1n) is 10.2. The van der Waals surface area contributed by atoms with Gasteiger partial charge in [-0.1, -0.05) is 18.2 Å². The summed E-state index contributed by atoms with van der Waals surface area (Å²) >= 11 is 0. The molecule has 1 aliphatic rings. The summed E-state index contributed by atoms with van der Waals surface area (Å²) in [5.74, 6) is 2.44. The van der Waals surface area contributed by atoms with Crippen molar-refractivity contribution in [2.24, 2.45) is 0 Å². The van der Waals surface area contributed by atoms with Crippen molar-refractivity contribution in [2.75, 3.05) is 19.5 Å². The Balaban J connectivity index is 1.68. The third-order valence-corrected chi connectivity index (χ3v) is 5.95. The zero-order chi connectivity index (χ0) is 20.5. The van der Waals surface area contributed by atoms with Crippen LogP contribution in [0.5, 0.6) is 11.5 Å². The van der Waals surface area contributed by atoms with E-state index in [2.05, 4.69) is 61.0 Å². The summed E-state index contributed by atoms with van der Waals surface area (Å²) in [5.41, 5.74) is 7.46. The lowest BCUT2D eigenvalue weighted by Gasteiger charge is -2.18. The minimum atomic E-state index is 0.175. The summed E-state index contributed by atoms with van der Waals surface area (Å²) in [6.45, 7) is 7.42. The second kappa shape index (κ2) is 7.82. The number of anilines is 1. The van der Waals surface area contributed by atoms with Crippen LogP contribution in [0.25, 0.3) is 11.3 Å². The predicted molar refractivity (Wildman–Crippen MR) is 117 cm³/mol. The molecule has 1 aromatic heterocycles. The minimum Gasteiger partial charge on any atom is -0.493 e. The Bertz CT molecular complexity index is 1040. The molecule has 5 nitrogen and oxygen atoms in total. The van der Waals surface area contributed by atoms with E-state index in [9.17, 15) is 0 Å². The molecule has 2 heterocycles.